The Morgan fingerprint density at radius 2 is 2.08 bits per heavy atom. The highest BCUT2D eigenvalue weighted by Gasteiger charge is 2.37. The highest BCUT2D eigenvalue weighted by molar-refractivity contribution is 7.93. The lowest BCUT2D eigenvalue weighted by Gasteiger charge is -2.24. The molecule has 1 atom stereocenters. The molecule has 0 spiro atoms. The number of para-hydroxylation sites is 1. The van der Waals surface area contributed by atoms with Gasteiger partial charge in [-0.3, -0.25) is 4.31 Å². The van der Waals surface area contributed by atoms with Crippen LogP contribution in [0.1, 0.15) is 17.4 Å². The number of hydrogen-bond donors (Lipinski definition) is 0. The van der Waals surface area contributed by atoms with E-state index in [1.165, 1.54) is 11.3 Å². The van der Waals surface area contributed by atoms with Crippen molar-refractivity contribution < 1.29 is 12.9 Å². The number of sulfonamides is 1. The van der Waals surface area contributed by atoms with E-state index in [1.807, 2.05) is 38.1 Å². The van der Waals surface area contributed by atoms with Gasteiger partial charge in [-0.15, -0.1) is 11.3 Å². The molecule has 0 aliphatic carbocycles. The Balaban J connectivity index is 1.82. The molecule has 3 aromatic rings. The second-order valence-electron chi connectivity index (χ2n) is 5.89. The standard InChI is InChI=1S/C17H16N2O3S2/c1-11-9-13-5-3-4-6-14(13)19(11)24(20,21)17-10-16(23-12(17)2)15-7-8-18-22-15/h3-8,10-11H,9H2,1-2H3/t11-/m1/s1. The topological polar surface area (TPSA) is 63.4 Å². The number of hydrogen-bond acceptors (Lipinski definition) is 5. The number of aromatic nitrogens is 1. The summed E-state index contributed by atoms with van der Waals surface area (Å²) < 4.78 is 33.3. The van der Waals surface area contributed by atoms with Crippen molar-refractivity contribution in [1.29, 1.82) is 0 Å². The Morgan fingerprint density at radius 3 is 2.83 bits per heavy atom. The van der Waals surface area contributed by atoms with Crippen molar-refractivity contribution in [2.75, 3.05) is 4.31 Å². The molecule has 0 amide bonds. The predicted molar refractivity (Wildman–Crippen MR) is 93.8 cm³/mol. The van der Waals surface area contributed by atoms with Gasteiger partial charge in [-0.2, -0.15) is 0 Å². The van der Waals surface area contributed by atoms with Crippen LogP contribution in [0.2, 0.25) is 0 Å². The molecule has 0 radical (unpaired) electrons. The number of anilines is 1. The second kappa shape index (κ2) is 5.46. The minimum absolute atomic E-state index is 0.0968. The molecule has 0 unspecified atom stereocenters. The van der Waals surface area contributed by atoms with Crippen molar-refractivity contribution in [2.45, 2.75) is 31.2 Å². The Kier molecular flexibility index (Phi) is 3.51. The lowest BCUT2D eigenvalue weighted by atomic mass is 10.1. The summed E-state index contributed by atoms with van der Waals surface area (Å²) in [5, 5.41) is 3.69. The Bertz CT molecular complexity index is 991. The Morgan fingerprint density at radius 1 is 1.29 bits per heavy atom. The van der Waals surface area contributed by atoms with Crippen LogP contribution in [-0.2, 0) is 16.4 Å². The lowest BCUT2D eigenvalue weighted by molar-refractivity contribution is 0.433. The van der Waals surface area contributed by atoms with Gasteiger partial charge in [0.2, 0.25) is 0 Å². The number of rotatable bonds is 3. The molecule has 2 aromatic heterocycles. The Labute approximate surface area is 144 Å². The van der Waals surface area contributed by atoms with E-state index in [0.29, 0.717) is 10.7 Å². The van der Waals surface area contributed by atoms with Crippen LogP contribution in [0.5, 0.6) is 0 Å². The first-order valence-corrected chi connectivity index (χ1v) is 9.88. The third-order valence-corrected chi connectivity index (χ3v) is 7.48. The first kappa shape index (κ1) is 15.4. The molecule has 24 heavy (non-hydrogen) atoms. The first-order valence-electron chi connectivity index (χ1n) is 7.62. The molecule has 4 rings (SSSR count). The SMILES string of the molecule is Cc1sc(-c2ccno2)cc1S(=O)(=O)N1c2ccccc2C[C@H]1C. The summed E-state index contributed by atoms with van der Waals surface area (Å²) in [6, 6.07) is 11.0. The summed E-state index contributed by atoms with van der Waals surface area (Å²) >= 11 is 1.40. The van der Waals surface area contributed by atoms with E-state index in [9.17, 15) is 8.42 Å². The zero-order chi connectivity index (χ0) is 16.9. The first-order chi connectivity index (χ1) is 11.5. The summed E-state index contributed by atoms with van der Waals surface area (Å²) in [4.78, 5) is 1.85. The molecule has 0 bridgehead atoms. The zero-order valence-corrected chi connectivity index (χ0v) is 14.9. The Hall–Kier alpha value is -2.12. The van der Waals surface area contributed by atoms with E-state index < -0.39 is 10.0 Å². The molecular formula is C17H16N2O3S2. The highest BCUT2D eigenvalue weighted by atomic mass is 32.2. The van der Waals surface area contributed by atoms with Gasteiger partial charge in [0, 0.05) is 17.0 Å². The van der Waals surface area contributed by atoms with E-state index >= 15 is 0 Å². The minimum atomic E-state index is -3.62. The summed E-state index contributed by atoms with van der Waals surface area (Å²) in [6.07, 6.45) is 2.28. The average molecular weight is 360 g/mol. The molecule has 0 fully saturated rings. The molecule has 1 aliphatic rings. The summed E-state index contributed by atoms with van der Waals surface area (Å²) in [6.45, 7) is 3.76. The summed E-state index contributed by atoms with van der Waals surface area (Å²) in [7, 11) is -3.62. The fraction of sp³-hybridized carbons (Fsp3) is 0.235. The highest BCUT2D eigenvalue weighted by Crippen LogP contribution is 2.40. The van der Waals surface area contributed by atoms with Crippen LogP contribution in [0, 0.1) is 6.92 Å². The maximum Gasteiger partial charge on any atom is 0.265 e. The van der Waals surface area contributed by atoms with Gasteiger partial charge in [0.1, 0.15) is 4.90 Å². The monoisotopic (exact) mass is 360 g/mol. The van der Waals surface area contributed by atoms with Crippen LogP contribution in [0.25, 0.3) is 10.6 Å². The van der Waals surface area contributed by atoms with Crippen molar-refractivity contribution >= 4 is 27.0 Å². The van der Waals surface area contributed by atoms with Crippen molar-refractivity contribution in [2.24, 2.45) is 0 Å². The molecule has 0 saturated carbocycles. The van der Waals surface area contributed by atoms with Crippen LogP contribution in [0.4, 0.5) is 5.69 Å². The lowest BCUT2D eigenvalue weighted by Crippen LogP contribution is -2.35. The minimum Gasteiger partial charge on any atom is -0.355 e. The van der Waals surface area contributed by atoms with E-state index in [0.717, 1.165) is 27.4 Å². The van der Waals surface area contributed by atoms with E-state index in [2.05, 4.69) is 5.16 Å². The van der Waals surface area contributed by atoms with Crippen LogP contribution in [0.15, 0.2) is 52.0 Å². The summed E-state index contributed by atoms with van der Waals surface area (Å²) in [5.41, 5.74) is 1.84. The number of aryl methyl sites for hydroxylation is 1. The van der Waals surface area contributed by atoms with E-state index in [-0.39, 0.29) is 6.04 Å². The molecule has 1 aliphatic heterocycles. The van der Waals surface area contributed by atoms with Crippen molar-refractivity contribution in [3.63, 3.8) is 0 Å². The van der Waals surface area contributed by atoms with Gasteiger partial charge in [-0.1, -0.05) is 23.4 Å². The molecule has 0 N–H and O–H groups in total. The molecule has 7 heteroatoms. The maximum atomic E-state index is 13.3. The number of thiophene rings is 1. The van der Waals surface area contributed by atoms with Crippen LogP contribution >= 0.6 is 11.3 Å². The third kappa shape index (κ3) is 2.27. The van der Waals surface area contributed by atoms with Gasteiger partial charge in [0.25, 0.3) is 10.0 Å². The molecule has 3 heterocycles. The molecule has 0 saturated heterocycles. The molecule has 124 valence electrons. The molecular weight excluding hydrogens is 344 g/mol. The number of nitrogens with zero attached hydrogens (tertiary/aromatic N) is 2. The van der Waals surface area contributed by atoms with Gasteiger partial charge in [0.15, 0.2) is 5.76 Å². The summed E-state index contributed by atoms with van der Waals surface area (Å²) in [5.74, 6) is 0.583. The van der Waals surface area contributed by atoms with Crippen LogP contribution < -0.4 is 4.31 Å². The number of benzene rings is 1. The molecule has 5 nitrogen and oxygen atoms in total. The average Bonchev–Trinajstić information content (AvgIpc) is 3.23. The quantitative estimate of drug-likeness (QED) is 0.712. The van der Waals surface area contributed by atoms with Gasteiger partial charge in [0.05, 0.1) is 16.8 Å². The number of fused-ring (bicyclic) bond motifs is 1. The van der Waals surface area contributed by atoms with Crippen LogP contribution in [0.3, 0.4) is 0 Å². The third-order valence-electron chi connectivity index (χ3n) is 4.23. The van der Waals surface area contributed by atoms with E-state index in [1.54, 1.807) is 22.6 Å². The molecule has 1 aromatic carbocycles. The second-order valence-corrected chi connectivity index (χ2v) is 8.93. The normalized spacial score (nSPS) is 17.2. The fourth-order valence-electron chi connectivity index (χ4n) is 3.20. The van der Waals surface area contributed by atoms with Gasteiger partial charge in [-0.25, -0.2) is 8.42 Å². The fourth-order valence-corrected chi connectivity index (χ4v) is 6.41. The van der Waals surface area contributed by atoms with Crippen LogP contribution in [-0.4, -0.2) is 19.6 Å². The van der Waals surface area contributed by atoms with Gasteiger partial charge in [-0.05, 0) is 38.0 Å². The largest absolute Gasteiger partial charge is 0.355 e. The maximum absolute atomic E-state index is 13.3. The smallest absolute Gasteiger partial charge is 0.265 e. The van der Waals surface area contributed by atoms with Gasteiger partial charge < -0.3 is 4.52 Å². The van der Waals surface area contributed by atoms with Crippen molar-refractivity contribution in [3.05, 3.63) is 53.0 Å². The predicted octanol–water partition coefficient (Wildman–Crippen LogP) is 3.85. The van der Waals surface area contributed by atoms with Gasteiger partial charge >= 0.3 is 0 Å². The zero-order valence-electron chi connectivity index (χ0n) is 13.3. The van der Waals surface area contributed by atoms with E-state index in [4.69, 9.17) is 4.52 Å². The van der Waals surface area contributed by atoms with Crippen molar-refractivity contribution in [1.82, 2.24) is 5.16 Å². The van der Waals surface area contributed by atoms with Crippen molar-refractivity contribution in [3.8, 4) is 10.6 Å².